The Balaban J connectivity index is 1.18. The molecule has 2 amide bonds. The molecule has 3 aliphatic rings. The summed E-state index contributed by atoms with van der Waals surface area (Å²) in [5, 5.41) is 0. The molecule has 3 saturated heterocycles. The number of benzene rings is 1. The highest BCUT2D eigenvalue weighted by molar-refractivity contribution is 5.79. The molecule has 0 radical (unpaired) electrons. The van der Waals surface area contributed by atoms with Gasteiger partial charge in [0.05, 0.1) is 27.3 Å². The summed E-state index contributed by atoms with van der Waals surface area (Å²) >= 11 is 0. The maximum atomic E-state index is 12.9. The van der Waals surface area contributed by atoms with E-state index in [4.69, 9.17) is 9.47 Å². The molecular formula is C26H41N5O4. The van der Waals surface area contributed by atoms with Gasteiger partial charge >= 0.3 is 0 Å². The van der Waals surface area contributed by atoms with Gasteiger partial charge in [-0.3, -0.25) is 24.3 Å². The molecule has 1 aromatic rings. The topological polar surface area (TPSA) is 68.8 Å². The van der Waals surface area contributed by atoms with Gasteiger partial charge in [0.2, 0.25) is 11.8 Å². The van der Waals surface area contributed by atoms with Crippen molar-refractivity contribution in [2.24, 2.45) is 0 Å². The largest absolute Gasteiger partial charge is 0.493 e. The maximum Gasteiger partial charge on any atom is 0.236 e. The fourth-order valence-corrected chi connectivity index (χ4v) is 5.24. The van der Waals surface area contributed by atoms with Crippen molar-refractivity contribution in [2.75, 3.05) is 92.8 Å². The minimum atomic E-state index is 0.216. The predicted molar refractivity (Wildman–Crippen MR) is 135 cm³/mol. The van der Waals surface area contributed by atoms with Crippen LogP contribution in [-0.4, -0.2) is 129 Å². The molecule has 3 fully saturated rings. The van der Waals surface area contributed by atoms with Crippen LogP contribution in [0.15, 0.2) is 12.1 Å². The van der Waals surface area contributed by atoms with Gasteiger partial charge in [-0.05, 0) is 43.0 Å². The van der Waals surface area contributed by atoms with E-state index in [2.05, 4.69) is 27.7 Å². The number of hydrogen-bond donors (Lipinski definition) is 0. The number of methoxy groups -OCH3 is 2. The smallest absolute Gasteiger partial charge is 0.236 e. The van der Waals surface area contributed by atoms with Crippen molar-refractivity contribution in [3.8, 4) is 11.5 Å². The number of likely N-dealkylation sites (tertiary alicyclic amines) is 1. The third kappa shape index (κ3) is 6.65. The van der Waals surface area contributed by atoms with Crippen LogP contribution in [0.4, 0.5) is 0 Å². The van der Waals surface area contributed by atoms with Crippen LogP contribution in [0.3, 0.4) is 0 Å². The van der Waals surface area contributed by atoms with Crippen LogP contribution in [-0.2, 0) is 16.1 Å². The van der Waals surface area contributed by atoms with E-state index >= 15 is 0 Å². The Morgan fingerprint density at radius 2 is 1.14 bits per heavy atom. The van der Waals surface area contributed by atoms with Gasteiger partial charge in [0.1, 0.15) is 0 Å². The molecule has 0 bridgehead atoms. The molecule has 4 rings (SSSR count). The van der Waals surface area contributed by atoms with Crippen LogP contribution in [0.2, 0.25) is 0 Å². The van der Waals surface area contributed by atoms with Crippen molar-refractivity contribution in [1.82, 2.24) is 24.5 Å². The minimum Gasteiger partial charge on any atom is -0.493 e. The molecule has 9 nitrogen and oxygen atoms in total. The SMILES string of the molecule is COc1cc(C)c(CN2CCN(C(=O)CN3CCN(CC(=O)N4CCCC4)CC3)CC2)cc1OC. The Morgan fingerprint density at radius 1 is 0.686 bits per heavy atom. The molecule has 0 spiro atoms. The quantitative estimate of drug-likeness (QED) is 0.540. The van der Waals surface area contributed by atoms with Gasteiger partial charge in [-0.1, -0.05) is 0 Å². The average molecular weight is 488 g/mol. The standard InChI is InChI=1S/C26H41N5O4/c1-21-16-23(34-2)24(35-3)17-22(21)18-27-12-14-31(15-13-27)26(33)20-29-10-8-28(9-11-29)19-25(32)30-6-4-5-7-30/h16-17H,4-15,18-20H2,1-3H3. The number of aryl methyl sites for hydroxylation is 1. The molecule has 0 aliphatic carbocycles. The maximum absolute atomic E-state index is 12.9. The third-order valence-electron chi connectivity index (χ3n) is 7.60. The second-order valence-electron chi connectivity index (χ2n) is 9.93. The normalized spacial score (nSPS) is 20.3. The van der Waals surface area contributed by atoms with Crippen LogP contribution in [0, 0.1) is 6.92 Å². The Kier molecular flexibility index (Phi) is 8.86. The van der Waals surface area contributed by atoms with Crippen LogP contribution < -0.4 is 9.47 Å². The van der Waals surface area contributed by atoms with Crippen LogP contribution >= 0.6 is 0 Å². The number of amides is 2. The molecule has 0 unspecified atom stereocenters. The number of carbonyl (C=O) groups excluding carboxylic acids is 2. The molecule has 0 saturated carbocycles. The number of carbonyl (C=O) groups is 2. The zero-order chi connectivity index (χ0) is 24.8. The first-order valence-electron chi connectivity index (χ1n) is 12.9. The monoisotopic (exact) mass is 487 g/mol. The lowest BCUT2D eigenvalue weighted by molar-refractivity contribution is -0.136. The van der Waals surface area contributed by atoms with Crippen LogP contribution in [0.5, 0.6) is 11.5 Å². The molecule has 0 N–H and O–H groups in total. The zero-order valence-electron chi connectivity index (χ0n) is 21.6. The summed E-state index contributed by atoms with van der Waals surface area (Å²) in [6.07, 6.45) is 2.26. The molecule has 1 aromatic carbocycles. The number of ether oxygens (including phenoxy) is 2. The molecule has 194 valence electrons. The molecule has 3 heterocycles. The van der Waals surface area contributed by atoms with E-state index in [1.54, 1.807) is 14.2 Å². The van der Waals surface area contributed by atoms with Crippen LogP contribution in [0.1, 0.15) is 24.0 Å². The first-order valence-corrected chi connectivity index (χ1v) is 12.9. The van der Waals surface area contributed by atoms with Crippen molar-refractivity contribution >= 4 is 11.8 Å². The molecular weight excluding hydrogens is 446 g/mol. The lowest BCUT2D eigenvalue weighted by Gasteiger charge is -2.38. The summed E-state index contributed by atoms with van der Waals surface area (Å²) in [5.41, 5.74) is 2.41. The summed E-state index contributed by atoms with van der Waals surface area (Å²) in [5.74, 6) is 1.98. The second-order valence-corrected chi connectivity index (χ2v) is 9.93. The Bertz CT molecular complexity index is 873. The highest BCUT2D eigenvalue weighted by Crippen LogP contribution is 2.31. The Hall–Kier alpha value is -2.36. The van der Waals surface area contributed by atoms with Gasteiger partial charge in [0, 0.05) is 72.0 Å². The molecule has 0 atom stereocenters. The number of nitrogens with zero attached hydrogens (tertiary/aromatic N) is 5. The first-order chi connectivity index (χ1) is 17.0. The highest BCUT2D eigenvalue weighted by atomic mass is 16.5. The van der Waals surface area contributed by atoms with E-state index in [9.17, 15) is 9.59 Å². The van der Waals surface area contributed by atoms with E-state index < -0.39 is 0 Å². The summed E-state index contributed by atoms with van der Waals surface area (Å²) in [7, 11) is 3.32. The van der Waals surface area contributed by atoms with E-state index in [0.717, 1.165) is 96.3 Å². The van der Waals surface area contributed by atoms with E-state index in [1.165, 1.54) is 11.1 Å². The van der Waals surface area contributed by atoms with Crippen molar-refractivity contribution in [2.45, 2.75) is 26.3 Å². The van der Waals surface area contributed by atoms with Gasteiger partial charge in [-0.25, -0.2) is 0 Å². The van der Waals surface area contributed by atoms with Gasteiger partial charge in [-0.15, -0.1) is 0 Å². The zero-order valence-corrected chi connectivity index (χ0v) is 21.6. The Labute approximate surface area is 209 Å². The van der Waals surface area contributed by atoms with Crippen molar-refractivity contribution < 1.29 is 19.1 Å². The highest BCUT2D eigenvalue weighted by Gasteiger charge is 2.27. The molecule has 35 heavy (non-hydrogen) atoms. The lowest BCUT2D eigenvalue weighted by Crippen LogP contribution is -2.54. The van der Waals surface area contributed by atoms with Gasteiger partial charge in [0.15, 0.2) is 11.5 Å². The predicted octanol–water partition coefficient (Wildman–Crippen LogP) is 0.896. The van der Waals surface area contributed by atoms with Crippen LogP contribution in [0.25, 0.3) is 0 Å². The lowest BCUT2D eigenvalue weighted by atomic mass is 10.1. The average Bonchev–Trinajstić information content (AvgIpc) is 3.42. The van der Waals surface area contributed by atoms with E-state index in [1.807, 2.05) is 15.9 Å². The first kappa shape index (κ1) is 25.7. The fourth-order valence-electron chi connectivity index (χ4n) is 5.24. The van der Waals surface area contributed by atoms with Crippen molar-refractivity contribution in [1.29, 1.82) is 0 Å². The van der Waals surface area contributed by atoms with Crippen molar-refractivity contribution in [3.63, 3.8) is 0 Å². The molecule has 0 aromatic heterocycles. The van der Waals surface area contributed by atoms with E-state index in [-0.39, 0.29) is 11.8 Å². The van der Waals surface area contributed by atoms with E-state index in [0.29, 0.717) is 13.1 Å². The summed E-state index contributed by atoms with van der Waals surface area (Å²) in [4.78, 5) is 36.2. The second kappa shape index (κ2) is 12.1. The number of piperazine rings is 2. The molecule has 3 aliphatic heterocycles. The third-order valence-corrected chi connectivity index (χ3v) is 7.60. The van der Waals surface area contributed by atoms with Gasteiger partial charge in [-0.2, -0.15) is 0 Å². The summed E-state index contributed by atoms with van der Waals surface area (Å²) in [6, 6.07) is 4.08. The summed E-state index contributed by atoms with van der Waals surface area (Å²) in [6.45, 7) is 12.4. The minimum absolute atomic E-state index is 0.216. The van der Waals surface area contributed by atoms with Gasteiger partial charge in [0.25, 0.3) is 0 Å². The van der Waals surface area contributed by atoms with Crippen molar-refractivity contribution in [3.05, 3.63) is 23.3 Å². The summed E-state index contributed by atoms with van der Waals surface area (Å²) < 4.78 is 10.9. The number of rotatable bonds is 8. The fraction of sp³-hybridized carbons (Fsp3) is 0.692. The number of hydrogen-bond acceptors (Lipinski definition) is 7. The Morgan fingerprint density at radius 3 is 1.66 bits per heavy atom. The van der Waals surface area contributed by atoms with Gasteiger partial charge < -0.3 is 19.3 Å². The molecule has 9 heteroatoms.